The Kier molecular flexibility index (Phi) is 9.61. The van der Waals surface area contributed by atoms with E-state index in [2.05, 4.69) is 20.8 Å². The fraction of sp³-hybridized carbons (Fsp3) is 0.684. The normalized spacial score (nSPS) is 11.9. The van der Waals surface area contributed by atoms with Crippen LogP contribution in [0.3, 0.4) is 0 Å². The van der Waals surface area contributed by atoms with E-state index in [9.17, 15) is 8.78 Å². The quantitative estimate of drug-likeness (QED) is 0.388. The molecule has 0 aliphatic heterocycles. The fourth-order valence-corrected chi connectivity index (χ4v) is 8.57. The van der Waals surface area contributed by atoms with Crippen LogP contribution in [-0.2, 0) is 0 Å². The first-order valence-corrected chi connectivity index (χ1v) is 11.6. The van der Waals surface area contributed by atoms with Crippen LogP contribution in [0.25, 0.3) is 0 Å². The van der Waals surface area contributed by atoms with Gasteiger partial charge in [-0.2, -0.15) is 0 Å². The summed E-state index contributed by atoms with van der Waals surface area (Å²) in [4.78, 5) is 0. The molecule has 1 rings (SSSR count). The van der Waals surface area contributed by atoms with Gasteiger partial charge >= 0.3 is 145 Å². The van der Waals surface area contributed by atoms with E-state index in [1.54, 1.807) is 12.1 Å². The third kappa shape index (κ3) is 6.97. The minimum atomic E-state index is -1.02. The number of benzene rings is 1. The summed E-state index contributed by atoms with van der Waals surface area (Å²) in [7, 11) is 0. The molecule has 0 nitrogen and oxygen atoms in total. The second-order valence-corrected chi connectivity index (χ2v) is 11.8. The molecule has 0 heterocycles. The van der Waals surface area contributed by atoms with Crippen molar-refractivity contribution in [1.29, 1.82) is 0 Å². The second kappa shape index (κ2) is 10.6. The molecular formula is C19H30F2Sn. The van der Waals surface area contributed by atoms with Gasteiger partial charge in [-0.15, -0.1) is 0 Å². The summed E-state index contributed by atoms with van der Waals surface area (Å²) in [5.41, 5.74) is 0. The summed E-state index contributed by atoms with van der Waals surface area (Å²) in [6.45, 7) is 6.70. The molecule has 1 aromatic rings. The topological polar surface area (TPSA) is 0 Å². The predicted molar refractivity (Wildman–Crippen MR) is 93.0 cm³/mol. The molecule has 1 aromatic carbocycles. The van der Waals surface area contributed by atoms with Crippen LogP contribution in [0.5, 0.6) is 0 Å². The molecule has 0 spiro atoms. The number of halogens is 2. The van der Waals surface area contributed by atoms with Gasteiger partial charge < -0.3 is 0 Å². The van der Waals surface area contributed by atoms with Gasteiger partial charge in [-0.1, -0.05) is 0 Å². The summed E-state index contributed by atoms with van der Waals surface area (Å²) in [5.74, 6) is -0.822. The van der Waals surface area contributed by atoms with Gasteiger partial charge in [0.1, 0.15) is 0 Å². The fourth-order valence-electron chi connectivity index (χ4n) is 3.04. The van der Waals surface area contributed by atoms with Crippen LogP contribution < -0.4 is 3.58 Å². The first kappa shape index (κ1) is 19.9. The predicted octanol–water partition coefficient (Wildman–Crippen LogP) is 6.02. The van der Waals surface area contributed by atoms with E-state index in [1.807, 2.05) is 0 Å². The van der Waals surface area contributed by atoms with Gasteiger partial charge in [0.15, 0.2) is 0 Å². The van der Waals surface area contributed by atoms with Crippen molar-refractivity contribution in [2.75, 3.05) is 0 Å². The van der Waals surface area contributed by atoms with Crippen molar-refractivity contribution in [1.82, 2.24) is 0 Å². The van der Waals surface area contributed by atoms with Gasteiger partial charge in [-0.25, -0.2) is 0 Å². The van der Waals surface area contributed by atoms with Crippen molar-refractivity contribution >= 4 is 24.7 Å². The van der Waals surface area contributed by atoms with Crippen LogP contribution in [-0.4, -0.2) is 21.1 Å². The first-order valence-electron chi connectivity index (χ1n) is 8.79. The van der Waals surface area contributed by atoms with E-state index >= 15 is 0 Å². The third-order valence-electron chi connectivity index (χ3n) is 4.30. The molecule has 0 N–H and O–H groups in total. The van der Waals surface area contributed by atoms with Gasteiger partial charge in [0.2, 0.25) is 0 Å². The van der Waals surface area contributed by atoms with E-state index in [1.165, 1.54) is 57.8 Å². The Balaban J connectivity index is 2.97. The second-order valence-electron chi connectivity index (χ2n) is 6.37. The Morgan fingerprint density at radius 2 is 1.18 bits per heavy atom. The van der Waals surface area contributed by atoms with Crippen LogP contribution in [0.15, 0.2) is 18.2 Å². The standard InChI is InChI=1S/C13H27.C6H3F2.Sn/c1-4-7-10-13(11-8-5-2)12-9-6-3;7-5-2-1-3-6(8)4-5;/h4-12H2,1-3H3;2-4H;. The number of unbranched alkanes of at least 4 members (excludes halogenated alkanes) is 3. The van der Waals surface area contributed by atoms with Crippen LogP contribution in [0.1, 0.15) is 78.6 Å². The molecule has 0 aliphatic rings. The summed E-state index contributed by atoms with van der Waals surface area (Å²) >= 11 is -1.02. The van der Waals surface area contributed by atoms with E-state index in [0.717, 1.165) is 9.65 Å². The van der Waals surface area contributed by atoms with Crippen molar-refractivity contribution in [3.63, 3.8) is 0 Å². The molecule has 0 aliphatic carbocycles. The Hall–Kier alpha value is -0.121. The summed E-state index contributed by atoms with van der Waals surface area (Å²) in [5, 5.41) is 0. The number of hydrogen-bond acceptors (Lipinski definition) is 0. The maximum absolute atomic E-state index is 13.5. The zero-order valence-electron chi connectivity index (χ0n) is 14.4. The van der Waals surface area contributed by atoms with E-state index < -0.39 is 32.8 Å². The van der Waals surface area contributed by atoms with E-state index in [4.69, 9.17) is 0 Å². The van der Waals surface area contributed by atoms with Crippen molar-refractivity contribution in [3.05, 3.63) is 29.8 Å². The summed E-state index contributed by atoms with van der Waals surface area (Å²) in [6.07, 6.45) is 11.1. The molecule has 0 atom stereocenters. The van der Waals surface area contributed by atoms with Crippen LogP contribution >= 0.6 is 0 Å². The van der Waals surface area contributed by atoms with Gasteiger partial charge in [0, 0.05) is 0 Å². The molecule has 0 amide bonds. The number of hydrogen-bond donors (Lipinski definition) is 0. The summed E-state index contributed by atoms with van der Waals surface area (Å²) in [6, 6.07) is 4.18. The average molecular weight is 415 g/mol. The third-order valence-corrected chi connectivity index (χ3v) is 9.60. The minimum absolute atomic E-state index is 0.381. The Labute approximate surface area is 145 Å². The Morgan fingerprint density at radius 1 is 0.773 bits per heavy atom. The molecule has 3 heteroatoms. The van der Waals surface area contributed by atoms with E-state index in [0.29, 0.717) is 3.43 Å². The molecule has 0 aromatic heterocycles. The van der Waals surface area contributed by atoms with Crippen molar-refractivity contribution in [3.8, 4) is 0 Å². The first-order chi connectivity index (χ1) is 10.5. The SMILES string of the molecule is CCCC[C](CCCC)(CCCC)[Sn][c]1cc(F)cc(F)c1. The zero-order chi connectivity index (χ0) is 16.4. The van der Waals surface area contributed by atoms with Gasteiger partial charge in [0.25, 0.3) is 0 Å². The Bertz CT molecular complexity index is 389. The number of rotatable bonds is 11. The molecule has 22 heavy (non-hydrogen) atoms. The molecule has 0 fully saturated rings. The molecular weight excluding hydrogens is 385 g/mol. The maximum atomic E-state index is 13.5. The van der Waals surface area contributed by atoms with Gasteiger partial charge in [-0.05, 0) is 0 Å². The Morgan fingerprint density at radius 3 is 1.55 bits per heavy atom. The molecule has 0 unspecified atom stereocenters. The molecule has 0 saturated heterocycles. The summed E-state index contributed by atoms with van der Waals surface area (Å²) < 4.78 is 28.5. The van der Waals surface area contributed by atoms with Gasteiger partial charge in [0.05, 0.1) is 0 Å². The van der Waals surface area contributed by atoms with Crippen LogP contribution in [0.2, 0.25) is 3.43 Å². The molecule has 0 bridgehead atoms. The van der Waals surface area contributed by atoms with Crippen molar-refractivity contribution in [2.45, 2.75) is 82.0 Å². The van der Waals surface area contributed by atoms with Crippen molar-refractivity contribution < 1.29 is 8.78 Å². The van der Waals surface area contributed by atoms with Crippen molar-refractivity contribution in [2.24, 2.45) is 0 Å². The molecule has 0 saturated carbocycles. The monoisotopic (exact) mass is 416 g/mol. The molecule has 124 valence electrons. The molecule has 2 radical (unpaired) electrons. The van der Waals surface area contributed by atoms with Gasteiger partial charge in [-0.3, -0.25) is 0 Å². The van der Waals surface area contributed by atoms with Crippen LogP contribution in [0.4, 0.5) is 8.78 Å². The van der Waals surface area contributed by atoms with E-state index in [-0.39, 0.29) is 0 Å². The average Bonchev–Trinajstić information content (AvgIpc) is 2.47. The zero-order valence-corrected chi connectivity index (χ0v) is 17.2. The van der Waals surface area contributed by atoms with Crippen LogP contribution in [0, 0.1) is 11.6 Å².